The fourth-order valence-corrected chi connectivity index (χ4v) is 4.42. The molecule has 2 aromatic rings. The Kier molecular flexibility index (Phi) is 6.82. The Morgan fingerprint density at radius 3 is 2.73 bits per heavy atom. The molecule has 2 unspecified atom stereocenters. The molecule has 2 fully saturated rings. The molecule has 1 aliphatic heterocycles. The van der Waals surface area contributed by atoms with E-state index in [1.807, 2.05) is 18.2 Å². The van der Waals surface area contributed by atoms with Gasteiger partial charge in [0, 0.05) is 18.2 Å². The minimum absolute atomic E-state index is 0.0167. The summed E-state index contributed by atoms with van der Waals surface area (Å²) in [6.07, 6.45) is 6.63. The molecule has 2 aliphatic rings. The first-order valence-electron chi connectivity index (χ1n) is 11.0. The van der Waals surface area contributed by atoms with Crippen LogP contribution >= 0.6 is 0 Å². The van der Waals surface area contributed by atoms with Gasteiger partial charge < -0.3 is 9.47 Å². The molecule has 1 N–H and O–H groups in total. The van der Waals surface area contributed by atoms with E-state index in [0.29, 0.717) is 17.4 Å². The van der Waals surface area contributed by atoms with Gasteiger partial charge in [-0.25, -0.2) is 0 Å². The number of nitrogens with zero attached hydrogens (tertiary/aromatic N) is 1. The molecule has 4 rings (SSSR count). The second-order valence-corrected chi connectivity index (χ2v) is 8.47. The average Bonchev–Trinajstić information content (AvgIpc) is 3.58. The molecule has 5 heteroatoms. The van der Waals surface area contributed by atoms with Crippen LogP contribution in [0, 0.1) is 0 Å². The third kappa shape index (κ3) is 5.28. The Balaban J connectivity index is 1.28. The molecule has 160 valence electrons. The van der Waals surface area contributed by atoms with Crippen LogP contribution in [0.2, 0.25) is 0 Å². The number of hydrogen-bond donors (Lipinski definition) is 1. The fourth-order valence-electron chi connectivity index (χ4n) is 4.42. The summed E-state index contributed by atoms with van der Waals surface area (Å²) in [5, 5.41) is 3.23. The standard InChI is InChI=1S/C25H32N2O3/c1-27(21-11-4-3-5-12-21)17-18-8-6-10-20(14-18)24-25(30-24)26-16-23(28)19-9-7-13-22(15-19)29-2/h6-10,13-15,21,24-26H,3-5,11-12,16-17H2,1-2H3. The van der Waals surface area contributed by atoms with E-state index >= 15 is 0 Å². The number of ketones is 1. The minimum Gasteiger partial charge on any atom is -0.497 e. The number of nitrogens with one attached hydrogen (secondary N) is 1. The predicted molar refractivity (Wildman–Crippen MR) is 118 cm³/mol. The predicted octanol–water partition coefficient (Wildman–Crippen LogP) is 4.33. The van der Waals surface area contributed by atoms with Crippen molar-refractivity contribution in [2.45, 2.75) is 57.0 Å². The topological polar surface area (TPSA) is 54.1 Å². The van der Waals surface area contributed by atoms with E-state index in [-0.39, 0.29) is 24.7 Å². The van der Waals surface area contributed by atoms with Crippen molar-refractivity contribution in [2.24, 2.45) is 0 Å². The lowest BCUT2D eigenvalue weighted by Crippen LogP contribution is -2.32. The summed E-state index contributed by atoms with van der Waals surface area (Å²) in [5.41, 5.74) is 3.14. The molecule has 0 bridgehead atoms. The van der Waals surface area contributed by atoms with Crippen molar-refractivity contribution < 1.29 is 14.3 Å². The monoisotopic (exact) mass is 408 g/mol. The van der Waals surface area contributed by atoms with E-state index in [1.54, 1.807) is 13.2 Å². The molecule has 2 aromatic carbocycles. The normalized spacial score (nSPS) is 21.6. The van der Waals surface area contributed by atoms with Crippen LogP contribution in [0.4, 0.5) is 0 Å². The molecule has 5 nitrogen and oxygen atoms in total. The van der Waals surface area contributed by atoms with E-state index in [4.69, 9.17) is 9.47 Å². The van der Waals surface area contributed by atoms with Crippen molar-refractivity contribution in [2.75, 3.05) is 20.7 Å². The lowest BCUT2D eigenvalue weighted by molar-refractivity contribution is 0.0986. The molecule has 1 saturated carbocycles. The van der Waals surface area contributed by atoms with Gasteiger partial charge in [0.1, 0.15) is 18.1 Å². The minimum atomic E-state index is -0.106. The van der Waals surface area contributed by atoms with Gasteiger partial charge >= 0.3 is 0 Å². The zero-order valence-corrected chi connectivity index (χ0v) is 18.0. The molecule has 1 heterocycles. The number of ether oxygens (including phenoxy) is 2. The Hall–Kier alpha value is -2.21. The molecule has 0 aromatic heterocycles. The first-order chi connectivity index (χ1) is 14.6. The van der Waals surface area contributed by atoms with Crippen LogP contribution in [0.3, 0.4) is 0 Å². The van der Waals surface area contributed by atoms with Gasteiger partial charge in [0.15, 0.2) is 5.78 Å². The number of carbonyl (C=O) groups is 1. The van der Waals surface area contributed by atoms with E-state index < -0.39 is 0 Å². The molecule has 1 aliphatic carbocycles. The molecular formula is C25H32N2O3. The van der Waals surface area contributed by atoms with Crippen LogP contribution in [0.5, 0.6) is 5.75 Å². The zero-order valence-electron chi connectivity index (χ0n) is 18.0. The molecule has 0 radical (unpaired) electrons. The van der Waals surface area contributed by atoms with Crippen LogP contribution in [0.25, 0.3) is 0 Å². The third-order valence-electron chi connectivity index (χ3n) is 6.26. The SMILES string of the molecule is COc1cccc(C(=O)CNC2OC2c2cccc(CN(C)C3CCCCC3)c2)c1. The van der Waals surface area contributed by atoms with Crippen molar-refractivity contribution in [1.82, 2.24) is 10.2 Å². The number of carbonyl (C=O) groups excluding carboxylic acids is 1. The fraction of sp³-hybridized carbons (Fsp3) is 0.480. The number of methoxy groups -OCH3 is 1. The van der Waals surface area contributed by atoms with Crippen LogP contribution in [0.1, 0.15) is 59.7 Å². The van der Waals surface area contributed by atoms with Crippen molar-refractivity contribution in [3.63, 3.8) is 0 Å². The number of hydrogen-bond acceptors (Lipinski definition) is 5. The highest BCUT2D eigenvalue weighted by atomic mass is 16.6. The second kappa shape index (κ2) is 9.73. The van der Waals surface area contributed by atoms with Gasteiger partial charge in [0.25, 0.3) is 0 Å². The van der Waals surface area contributed by atoms with Crippen molar-refractivity contribution >= 4 is 5.78 Å². The van der Waals surface area contributed by atoms with Crippen LogP contribution < -0.4 is 10.1 Å². The van der Waals surface area contributed by atoms with Crippen LogP contribution in [-0.2, 0) is 11.3 Å². The summed E-state index contributed by atoms with van der Waals surface area (Å²) in [6.45, 7) is 1.22. The molecule has 1 saturated heterocycles. The summed E-state index contributed by atoms with van der Waals surface area (Å²) in [4.78, 5) is 14.9. The summed E-state index contributed by atoms with van der Waals surface area (Å²) in [5.74, 6) is 0.724. The highest BCUT2D eigenvalue weighted by molar-refractivity contribution is 5.98. The van der Waals surface area contributed by atoms with Crippen molar-refractivity contribution in [3.05, 3.63) is 65.2 Å². The summed E-state index contributed by atoms with van der Waals surface area (Å²) < 4.78 is 11.0. The number of Topliss-reactive ketones (excluding diaryl/α,β-unsaturated/α-hetero) is 1. The molecule has 0 amide bonds. The van der Waals surface area contributed by atoms with Gasteiger partial charge in [0.05, 0.1) is 13.7 Å². The Bertz CT molecular complexity index is 863. The smallest absolute Gasteiger partial charge is 0.176 e. The maximum Gasteiger partial charge on any atom is 0.176 e. The lowest BCUT2D eigenvalue weighted by atomic mass is 9.94. The Morgan fingerprint density at radius 2 is 1.93 bits per heavy atom. The lowest BCUT2D eigenvalue weighted by Gasteiger charge is -2.31. The third-order valence-corrected chi connectivity index (χ3v) is 6.26. The van der Waals surface area contributed by atoms with Gasteiger partial charge in [-0.15, -0.1) is 0 Å². The second-order valence-electron chi connectivity index (χ2n) is 8.47. The average molecular weight is 409 g/mol. The van der Waals surface area contributed by atoms with Gasteiger partial charge in [-0.3, -0.25) is 15.0 Å². The number of epoxide rings is 1. The zero-order chi connectivity index (χ0) is 20.9. The van der Waals surface area contributed by atoms with Gasteiger partial charge in [-0.2, -0.15) is 0 Å². The Morgan fingerprint density at radius 1 is 1.13 bits per heavy atom. The van der Waals surface area contributed by atoms with Crippen molar-refractivity contribution in [3.8, 4) is 5.75 Å². The van der Waals surface area contributed by atoms with Gasteiger partial charge in [-0.05, 0) is 43.1 Å². The van der Waals surface area contributed by atoms with Crippen molar-refractivity contribution in [1.29, 1.82) is 0 Å². The summed E-state index contributed by atoms with van der Waals surface area (Å²) >= 11 is 0. The number of benzene rings is 2. The van der Waals surface area contributed by atoms with E-state index in [2.05, 4.69) is 41.5 Å². The maximum absolute atomic E-state index is 12.4. The first kappa shape index (κ1) is 21.0. The van der Waals surface area contributed by atoms with E-state index in [9.17, 15) is 4.79 Å². The van der Waals surface area contributed by atoms with E-state index in [0.717, 1.165) is 6.54 Å². The summed E-state index contributed by atoms with van der Waals surface area (Å²) in [7, 11) is 3.84. The van der Waals surface area contributed by atoms with Gasteiger partial charge in [-0.1, -0.05) is 55.7 Å². The first-order valence-corrected chi connectivity index (χ1v) is 11.0. The largest absolute Gasteiger partial charge is 0.497 e. The molecule has 0 spiro atoms. The number of rotatable bonds is 9. The highest BCUT2D eigenvalue weighted by Crippen LogP contribution is 2.37. The van der Waals surface area contributed by atoms with E-state index in [1.165, 1.54) is 43.2 Å². The quantitative estimate of drug-likeness (QED) is 0.494. The Labute approximate surface area is 179 Å². The highest BCUT2D eigenvalue weighted by Gasteiger charge is 2.40. The van der Waals surface area contributed by atoms with Crippen LogP contribution in [0.15, 0.2) is 48.5 Å². The maximum atomic E-state index is 12.4. The molecule has 30 heavy (non-hydrogen) atoms. The van der Waals surface area contributed by atoms with Crippen LogP contribution in [-0.4, -0.2) is 43.7 Å². The summed E-state index contributed by atoms with van der Waals surface area (Å²) in [6, 6.07) is 16.6. The molecular weight excluding hydrogens is 376 g/mol. The molecule has 2 atom stereocenters. The van der Waals surface area contributed by atoms with Gasteiger partial charge in [0.2, 0.25) is 0 Å².